The summed E-state index contributed by atoms with van der Waals surface area (Å²) in [5.74, 6) is -1.56. The third-order valence-electron chi connectivity index (χ3n) is 2.34. The van der Waals surface area contributed by atoms with E-state index in [0.29, 0.717) is 11.1 Å². The Morgan fingerprint density at radius 2 is 2.11 bits per heavy atom. The van der Waals surface area contributed by atoms with Crippen LogP contribution in [0, 0.1) is 11.3 Å². The third kappa shape index (κ3) is 3.39. The largest absolute Gasteiger partial charge is 0.479 e. The monoisotopic (exact) mass is 311 g/mol. The highest BCUT2D eigenvalue weighted by Crippen LogP contribution is 2.21. The van der Waals surface area contributed by atoms with E-state index in [9.17, 15) is 14.7 Å². The summed E-state index contributed by atoms with van der Waals surface area (Å²) in [6, 6.07) is 6.08. The molecule has 0 saturated carbocycles. The lowest BCUT2D eigenvalue weighted by Crippen LogP contribution is -2.15. The molecule has 0 bridgehead atoms. The van der Waals surface area contributed by atoms with Gasteiger partial charge in [-0.25, -0.2) is 4.79 Å². The molecular formula is C12H10BrNO4. The molecule has 2 N–H and O–H groups in total. The molecule has 0 spiro atoms. The number of ketones is 1. The Bertz CT molecular complexity index is 521. The highest BCUT2D eigenvalue weighted by Gasteiger charge is 2.20. The SMILES string of the molecule is N#Cc1ccc(C(O)C(=O)O)c(CC(=O)CBr)c1. The molecule has 0 radical (unpaired) electrons. The van der Waals surface area contributed by atoms with Gasteiger partial charge in [0.2, 0.25) is 0 Å². The maximum atomic E-state index is 11.4. The normalized spacial score (nSPS) is 11.6. The summed E-state index contributed by atoms with van der Waals surface area (Å²) in [7, 11) is 0. The van der Waals surface area contributed by atoms with Crippen LogP contribution in [0.4, 0.5) is 0 Å². The number of hydrogen-bond donors (Lipinski definition) is 2. The van der Waals surface area contributed by atoms with Crippen LogP contribution >= 0.6 is 15.9 Å². The van der Waals surface area contributed by atoms with Crippen molar-refractivity contribution in [3.05, 3.63) is 34.9 Å². The summed E-state index contributed by atoms with van der Waals surface area (Å²) in [5, 5.41) is 27.2. The second-order valence-corrected chi connectivity index (χ2v) is 4.18. The summed E-state index contributed by atoms with van der Waals surface area (Å²) >= 11 is 3.01. The summed E-state index contributed by atoms with van der Waals surface area (Å²) in [5.41, 5.74) is 0.804. The van der Waals surface area contributed by atoms with Crippen molar-refractivity contribution in [1.29, 1.82) is 5.26 Å². The quantitative estimate of drug-likeness (QED) is 0.796. The van der Waals surface area contributed by atoms with Crippen molar-refractivity contribution in [1.82, 2.24) is 0 Å². The topological polar surface area (TPSA) is 98.4 Å². The Hall–Kier alpha value is -1.71. The number of nitrogens with zero attached hydrogens (tertiary/aromatic N) is 1. The average Bonchev–Trinajstić information content (AvgIpc) is 2.37. The number of alkyl halides is 1. The molecule has 18 heavy (non-hydrogen) atoms. The number of Topliss-reactive ketones (excluding diaryl/α,β-unsaturated/α-hetero) is 1. The number of carbonyl (C=O) groups is 2. The standard InChI is InChI=1S/C12H10BrNO4/c13-5-9(15)4-8-3-7(6-14)1-2-10(8)11(16)12(17)18/h1-3,11,16H,4-5H2,(H,17,18). The number of benzene rings is 1. The second-order valence-electron chi connectivity index (χ2n) is 3.62. The van der Waals surface area contributed by atoms with E-state index in [0.717, 1.165) is 0 Å². The van der Waals surface area contributed by atoms with E-state index in [-0.39, 0.29) is 23.1 Å². The molecule has 0 fully saturated rings. The summed E-state index contributed by atoms with van der Waals surface area (Å²) in [4.78, 5) is 22.1. The van der Waals surface area contributed by atoms with Crippen LogP contribution in [0.1, 0.15) is 22.8 Å². The van der Waals surface area contributed by atoms with Crippen molar-refractivity contribution in [2.45, 2.75) is 12.5 Å². The first-order valence-corrected chi connectivity index (χ1v) is 6.13. The zero-order valence-corrected chi connectivity index (χ0v) is 10.8. The van der Waals surface area contributed by atoms with Crippen LogP contribution in [-0.4, -0.2) is 27.3 Å². The number of rotatable bonds is 5. The molecule has 6 heteroatoms. The van der Waals surface area contributed by atoms with Crippen molar-refractivity contribution in [2.75, 3.05) is 5.33 Å². The first kappa shape index (κ1) is 14.4. The predicted octanol–water partition coefficient (Wildman–Crippen LogP) is 1.18. The van der Waals surface area contributed by atoms with Crippen molar-refractivity contribution in [3.63, 3.8) is 0 Å². The molecule has 5 nitrogen and oxygen atoms in total. The zero-order chi connectivity index (χ0) is 13.7. The number of halogens is 1. The summed E-state index contributed by atoms with van der Waals surface area (Å²) in [6.07, 6.45) is -1.73. The third-order valence-corrected chi connectivity index (χ3v) is 2.96. The van der Waals surface area contributed by atoms with Crippen LogP contribution in [0.3, 0.4) is 0 Å². The van der Waals surface area contributed by atoms with Crippen molar-refractivity contribution < 1.29 is 19.8 Å². The summed E-state index contributed by atoms with van der Waals surface area (Å²) in [6.45, 7) is 0. The van der Waals surface area contributed by atoms with E-state index in [4.69, 9.17) is 10.4 Å². The number of carboxylic acids is 1. The molecule has 1 rings (SSSR count). The molecule has 1 atom stereocenters. The molecular weight excluding hydrogens is 302 g/mol. The minimum Gasteiger partial charge on any atom is -0.479 e. The van der Waals surface area contributed by atoms with E-state index in [2.05, 4.69) is 15.9 Å². The Labute approximate surface area is 112 Å². The van der Waals surface area contributed by atoms with Crippen LogP contribution in [-0.2, 0) is 16.0 Å². The van der Waals surface area contributed by atoms with Gasteiger partial charge in [0.15, 0.2) is 6.10 Å². The molecule has 1 aromatic rings. The lowest BCUT2D eigenvalue weighted by molar-refractivity contribution is -0.147. The van der Waals surface area contributed by atoms with Crippen molar-refractivity contribution in [3.8, 4) is 6.07 Å². The minimum atomic E-state index is -1.70. The Morgan fingerprint density at radius 3 is 2.61 bits per heavy atom. The number of nitriles is 1. The average molecular weight is 312 g/mol. The van der Waals surface area contributed by atoms with Crippen LogP contribution in [0.25, 0.3) is 0 Å². The molecule has 0 aliphatic carbocycles. The van der Waals surface area contributed by atoms with Gasteiger partial charge in [-0.2, -0.15) is 5.26 Å². The first-order chi connectivity index (χ1) is 8.49. The number of hydrogen-bond acceptors (Lipinski definition) is 4. The fraction of sp³-hybridized carbons (Fsp3) is 0.250. The zero-order valence-electron chi connectivity index (χ0n) is 9.26. The Kier molecular flexibility index (Phi) is 5.01. The number of carbonyl (C=O) groups excluding carboxylic acids is 1. The predicted molar refractivity (Wildman–Crippen MR) is 66.3 cm³/mol. The van der Waals surface area contributed by atoms with Crippen molar-refractivity contribution >= 4 is 27.7 Å². The summed E-state index contributed by atoms with van der Waals surface area (Å²) < 4.78 is 0. The maximum Gasteiger partial charge on any atom is 0.337 e. The van der Waals surface area contributed by atoms with Gasteiger partial charge in [0, 0.05) is 6.42 Å². The number of aliphatic hydroxyl groups excluding tert-OH is 1. The molecule has 94 valence electrons. The lowest BCUT2D eigenvalue weighted by Gasteiger charge is -2.12. The van der Waals surface area contributed by atoms with Gasteiger partial charge in [0.1, 0.15) is 5.78 Å². The fourth-order valence-corrected chi connectivity index (χ4v) is 1.69. The van der Waals surface area contributed by atoms with Crippen LogP contribution in [0.5, 0.6) is 0 Å². The van der Waals surface area contributed by atoms with Gasteiger partial charge in [-0.05, 0) is 23.3 Å². The van der Waals surface area contributed by atoms with Gasteiger partial charge in [0.25, 0.3) is 0 Å². The van der Waals surface area contributed by atoms with Crippen molar-refractivity contribution in [2.24, 2.45) is 0 Å². The number of carboxylic acid groups (broad SMARTS) is 1. The Morgan fingerprint density at radius 1 is 1.44 bits per heavy atom. The van der Waals surface area contributed by atoms with Crippen LogP contribution < -0.4 is 0 Å². The van der Waals surface area contributed by atoms with E-state index in [1.54, 1.807) is 0 Å². The van der Waals surface area contributed by atoms with Gasteiger partial charge in [0.05, 0.1) is 17.0 Å². The van der Waals surface area contributed by atoms with E-state index < -0.39 is 12.1 Å². The lowest BCUT2D eigenvalue weighted by atomic mass is 9.96. The molecule has 1 aromatic carbocycles. The highest BCUT2D eigenvalue weighted by atomic mass is 79.9. The molecule has 0 amide bonds. The van der Waals surface area contributed by atoms with Crippen LogP contribution in [0.15, 0.2) is 18.2 Å². The van der Waals surface area contributed by atoms with Gasteiger partial charge in [-0.1, -0.05) is 22.0 Å². The van der Waals surface area contributed by atoms with Crippen LogP contribution in [0.2, 0.25) is 0 Å². The molecule has 1 unspecified atom stereocenters. The highest BCUT2D eigenvalue weighted by molar-refractivity contribution is 9.09. The van der Waals surface area contributed by atoms with Gasteiger partial charge in [-0.3, -0.25) is 4.79 Å². The maximum absolute atomic E-state index is 11.4. The van der Waals surface area contributed by atoms with E-state index in [1.807, 2.05) is 6.07 Å². The Balaban J connectivity index is 3.20. The first-order valence-electron chi connectivity index (χ1n) is 5.01. The molecule has 0 aliphatic heterocycles. The minimum absolute atomic E-state index is 0.0273. The fourth-order valence-electron chi connectivity index (χ4n) is 1.49. The van der Waals surface area contributed by atoms with Gasteiger partial charge < -0.3 is 10.2 Å². The molecule has 0 aromatic heterocycles. The van der Waals surface area contributed by atoms with Gasteiger partial charge >= 0.3 is 5.97 Å². The van der Waals surface area contributed by atoms with E-state index in [1.165, 1.54) is 18.2 Å². The molecule has 0 aliphatic rings. The number of aliphatic carboxylic acids is 1. The number of aliphatic hydroxyl groups is 1. The second kappa shape index (κ2) is 6.28. The molecule has 0 heterocycles. The van der Waals surface area contributed by atoms with E-state index >= 15 is 0 Å². The molecule has 0 saturated heterocycles. The van der Waals surface area contributed by atoms with Gasteiger partial charge in [-0.15, -0.1) is 0 Å². The smallest absolute Gasteiger partial charge is 0.337 e.